The van der Waals surface area contributed by atoms with Crippen molar-refractivity contribution in [1.82, 2.24) is 0 Å². The van der Waals surface area contributed by atoms with E-state index in [2.05, 4.69) is 5.32 Å². The van der Waals surface area contributed by atoms with Crippen LogP contribution in [0.3, 0.4) is 0 Å². The number of halogens is 1. The minimum Gasteiger partial charge on any atom is -0.493 e. The first kappa shape index (κ1) is 14.1. The van der Waals surface area contributed by atoms with Crippen LogP contribution in [0.5, 0.6) is 11.5 Å². The fraction of sp³-hybridized carbons (Fsp3) is 0.294. The van der Waals surface area contributed by atoms with Crippen LogP contribution < -0.4 is 14.8 Å². The maximum Gasteiger partial charge on any atom is 0.142 e. The zero-order chi connectivity index (χ0) is 14.7. The number of para-hydroxylation sites is 2. The van der Waals surface area contributed by atoms with Gasteiger partial charge in [-0.2, -0.15) is 0 Å². The molecule has 0 unspecified atom stereocenters. The number of fused-ring (bicyclic) bond motifs is 1. The molecule has 0 saturated carbocycles. The van der Waals surface area contributed by atoms with Gasteiger partial charge in [0.05, 0.1) is 18.9 Å². The molecule has 2 aromatic rings. The van der Waals surface area contributed by atoms with Gasteiger partial charge in [0.1, 0.15) is 11.5 Å². The van der Waals surface area contributed by atoms with Gasteiger partial charge in [-0.25, -0.2) is 0 Å². The third kappa shape index (κ3) is 3.08. The Labute approximate surface area is 129 Å². The normalized spacial score (nSPS) is 12.7. The van der Waals surface area contributed by atoms with Gasteiger partial charge in [-0.15, -0.1) is 0 Å². The van der Waals surface area contributed by atoms with Crippen LogP contribution in [0.1, 0.15) is 18.1 Å². The Morgan fingerprint density at radius 2 is 2.14 bits per heavy atom. The van der Waals surface area contributed by atoms with Crippen LogP contribution in [0, 0.1) is 0 Å². The highest BCUT2D eigenvalue weighted by Crippen LogP contribution is 2.34. The molecule has 0 spiro atoms. The molecular weight excluding hydrogens is 286 g/mol. The molecule has 0 bridgehead atoms. The Kier molecular flexibility index (Phi) is 4.20. The van der Waals surface area contributed by atoms with Crippen molar-refractivity contribution in [2.75, 3.05) is 18.5 Å². The maximum atomic E-state index is 6.18. The first-order chi connectivity index (χ1) is 10.3. The average Bonchev–Trinajstić information content (AvgIpc) is 2.94. The number of nitrogens with one attached hydrogen (secondary N) is 1. The lowest BCUT2D eigenvalue weighted by atomic mass is 10.1. The number of hydrogen-bond acceptors (Lipinski definition) is 3. The molecule has 0 aromatic heterocycles. The van der Waals surface area contributed by atoms with Gasteiger partial charge in [0.2, 0.25) is 0 Å². The van der Waals surface area contributed by atoms with Gasteiger partial charge in [0.25, 0.3) is 0 Å². The van der Waals surface area contributed by atoms with Gasteiger partial charge in [0.15, 0.2) is 0 Å². The summed E-state index contributed by atoms with van der Waals surface area (Å²) in [5.74, 6) is 1.83. The molecule has 21 heavy (non-hydrogen) atoms. The Bertz CT molecular complexity index is 643. The number of benzene rings is 2. The van der Waals surface area contributed by atoms with Crippen LogP contribution in [-0.4, -0.2) is 13.2 Å². The molecule has 3 nitrogen and oxygen atoms in total. The van der Waals surface area contributed by atoms with E-state index in [1.165, 1.54) is 5.56 Å². The summed E-state index contributed by atoms with van der Waals surface area (Å²) in [4.78, 5) is 0. The zero-order valence-corrected chi connectivity index (χ0v) is 12.7. The third-order valence-electron chi connectivity index (χ3n) is 3.48. The van der Waals surface area contributed by atoms with E-state index in [0.717, 1.165) is 40.8 Å². The molecule has 2 aromatic carbocycles. The van der Waals surface area contributed by atoms with Gasteiger partial charge in [-0.1, -0.05) is 23.7 Å². The summed E-state index contributed by atoms with van der Waals surface area (Å²) >= 11 is 6.18. The van der Waals surface area contributed by atoms with Crippen LogP contribution in [0.15, 0.2) is 36.4 Å². The molecule has 0 atom stereocenters. The van der Waals surface area contributed by atoms with Crippen molar-refractivity contribution in [3.63, 3.8) is 0 Å². The minimum atomic E-state index is 0.647. The smallest absolute Gasteiger partial charge is 0.142 e. The molecule has 0 amide bonds. The SMILES string of the molecule is CCOc1ccccc1NCc1cc(Cl)cc2c1OCC2. The predicted octanol–water partition coefficient (Wildman–Crippen LogP) is 4.29. The highest BCUT2D eigenvalue weighted by atomic mass is 35.5. The van der Waals surface area contributed by atoms with Crippen molar-refractivity contribution in [1.29, 1.82) is 0 Å². The Morgan fingerprint density at radius 1 is 1.29 bits per heavy atom. The molecule has 0 fully saturated rings. The molecule has 0 saturated heterocycles. The van der Waals surface area contributed by atoms with Gasteiger partial charge in [0, 0.05) is 23.6 Å². The maximum absolute atomic E-state index is 6.18. The standard InChI is InChI=1S/C17H18ClNO2/c1-2-20-16-6-4-3-5-15(16)19-11-13-10-14(18)9-12-7-8-21-17(12)13/h3-6,9-10,19H,2,7-8,11H2,1H3. The molecular formula is C17H18ClNO2. The van der Waals surface area contributed by atoms with E-state index in [0.29, 0.717) is 13.2 Å². The van der Waals surface area contributed by atoms with Crippen molar-refractivity contribution < 1.29 is 9.47 Å². The van der Waals surface area contributed by atoms with Crippen molar-refractivity contribution in [3.8, 4) is 11.5 Å². The van der Waals surface area contributed by atoms with Crippen molar-refractivity contribution >= 4 is 17.3 Å². The zero-order valence-electron chi connectivity index (χ0n) is 12.0. The second kappa shape index (κ2) is 6.27. The highest BCUT2D eigenvalue weighted by molar-refractivity contribution is 6.30. The van der Waals surface area contributed by atoms with Crippen LogP contribution >= 0.6 is 11.6 Å². The molecule has 0 aliphatic carbocycles. The second-order valence-corrected chi connectivity index (χ2v) is 5.37. The summed E-state index contributed by atoms with van der Waals surface area (Å²) in [6.07, 6.45) is 0.929. The van der Waals surface area contributed by atoms with E-state index < -0.39 is 0 Å². The summed E-state index contributed by atoms with van der Waals surface area (Å²) in [6, 6.07) is 11.9. The predicted molar refractivity (Wildman–Crippen MR) is 85.6 cm³/mol. The van der Waals surface area contributed by atoms with Gasteiger partial charge in [-0.05, 0) is 36.8 Å². The van der Waals surface area contributed by atoms with Gasteiger partial charge >= 0.3 is 0 Å². The molecule has 1 N–H and O–H groups in total. The van der Waals surface area contributed by atoms with Crippen LogP contribution in [0.2, 0.25) is 5.02 Å². The lowest BCUT2D eigenvalue weighted by Crippen LogP contribution is -2.04. The molecule has 1 heterocycles. The van der Waals surface area contributed by atoms with E-state index in [4.69, 9.17) is 21.1 Å². The number of hydrogen-bond donors (Lipinski definition) is 1. The van der Waals surface area contributed by atoms with Crippen LogP contribution in [0.25, 0.3) is 0 Å². The summed E-state index contributed by atoms with van der Waals surface area (Å²) in [5.41, 5.74) is 3.25. The average molecular weight is 304 g/mol. The summed E-state index contributed by atoms with van der Waals surface area (Å²) in [7, 11) is 0. The van der Waals surface area contributed by atoms with Crippen molar-refractivity contribution in [2.45, 2.75) is 19.9 Å². The van der Waals surface area contributed by atoms with Crippen molar-refractivity contribution in [3.05, 3.63) is 52.5 Å². The first-order valence-electron chi connectivity index (χ1n) is 7.17. The minimum absolute atomic E-state index is 0.647. The summed E-state index contributed by atoms with van der Waals surface area (Å²) < 4.78 is 11.3. The molecule has 4 heteroatoms. The fourth-order valence-corrected chi connectivity index (χ4v) is 2.83. The molecule has 1 aliphatic heterocycles. The summed E-state index contributed by atoms with van der Waals surface area (Å²) in [5, 5.41) is 4.17. The third-order valence-corrected chi connectivity index (χ3v) is 3.70. The van der Waals surface area contributed by atoms with E-state index in [1.807, 2.05) is 43.3 Å². The fourth-order valence-electron chi connectivity index (χ4n) is 2.56. The highest BCUT2D eigenvalue weighted by Gasteiger charge is 2.17. The number of rotatable bonds is 5. The molecule has 1 aliphatic rings. The van der Waals surface area contributed by atoms with E-state index in [1.54, 1.807) is 0 Å². The van der Waals surface area contributed by atoms with E-state index in [9.17, 15) is 0 Å². The van der Waals surface area contributed by atoms with Gasteiger partial charge in [-0.3, -0.25) is 0 Å². The van der Waals surface area contributed by atoms with Gasteiger partial charge < -0.3 is 14.8 Å². The van der Waals surface area contributed by atoms with Crippen LogP contribution in [0.4, 0.5) is 5.69 Å². The largest absolute Gasteiger partial charge is 0.493 e. The number of anilines is 1. The lowest BCUT2D eigenvalue weighted by molar-refractivity contribution is 0.341. The molecule has 0 radical (unpaired) electrons. The number of ether oxygens (including phenoxy) is 2. The summed E-state index contributed by atoms with van der Waals surface area (Å²) in [6.45, 7) is 4.02. The molecule has 110 valence electrons. The Morgan fingerprint density at radius 3 is 3.00 bits per heavy atom. The van der Waals surface area contributed by atoms with E-state index >= 15 is 0 Å². The Balaban J connectivity index is 1.80. The molecule has 3 rings (SSSR count). The van der Waals surface area contributed by atoms with E-state index in [-0.39, 0.29) is 0 Å². The second-order valence-electron chi connectivity index (χ2n) is 4.93. The monoisotopic (exact) mass is 303 g/mol. The topological polar surface area (TPSA) is 30.5 Å². The van der Waals surface area contributed by atoms with Crippen LogP contribution in [-0.2, 0) is 13.0 Å². The Hall–Kier alpha value is -1.87. The lowest BCUT2D eigenvalue weighted by Gasteiger charge is -2.14. The quantitative estimate of drug-likeness (QED) is 0.894. The first-order valence-corrected chi connectivity index (χ1v) is 7.55. The van der Waals surface area contributed by atoms with Crippen molar-refractivity contribution in [2.24, 2.45) is 0 Å².